The van der Waals surface area contributed by atoms with E-state index in [4.69, 9.17) is 5.73 Å². The molecule has 0 heterocycles. The summed E-state index contributed by atoms with van der Waals surface area (Å²) < 4.78 is 4.50. The van der Waals surface area contributed by atoms with Gasteiger partial charge in [-0.25, -0.2) is 4.79 Å². The van der Waals surface area contributed by atoms with Crippen molar-refractivity contribution in [3.63, 3.8) is 0 Å². The fourth-order valence-corrected chi connectivity index (χ4v) is 1.27. The molecule has 0 bridgehead atoms. The minimum absolute atomic E-state index is 0.0547. The fraction of sp³-hybridized carbons (Fsp3) is 0.583. The summed E-state index contributed by atoms with van der Waals surface area (Å²) in [6.45, 7) is 3.10. The Morgan fingerprint density at radius 2 is 2.00 bits per heavy atom. The first-order valence-corrected chi connectivity index (χ1v) is 5.71. The van der Waals surface area contributed by atoms with Crippen LogP contribution in [-0.2, 0) is 19.1 Å². The molecule has 6 nitrogen and oxygen atoms in total. The van der Waals surface area contributed by atoms with Gasteiger partial charge in [-0.05, 0) is 26.7 Å². The van der Waals surface area contributed by atoms with E-state index < -0.39 is 17.9 Å². The van der Waals surface area contributed by atoms with Crippen molar-refractivity contribution in [2.24, 2.45) is 5.73 Å². The quantitative estimate of drug-likeness (QED) is 0.362. The lowest BCUT2D eigenvalue weighted by molar-refractivity contribution is -0.151. The van der Waals surface area contributed by atoms with E-state index in [9.17, 15) is 19.5 Å². The van der Waals surface area contributed by atoms with Gasteiger partial charge in [0.2, 0.25) is 0 Å². The number of Topliss-reactive ketones (excluding diaryl/α,β-unsaturated/α-hetero) is 1. The molecule has 0 radical (unpaired) electrons. The molecular formula is C12H19NO5. The Balaban J connectivity index is 4.15. The maximum absolute atomic E-state index is 11.2. The van der Waals surface area contributed by atoms with Gasteiger partial charge in [0.25, 0.3) is 5.78 Å². The van der Waals surface area contributed by atoms with E-state index in [1.54, 1.807) is 6.92 Å². The van der Waals surface area contributed by atoms with Gasteiger partial charge in [-0.2, -0.15) is 0 Å². The third-order valence-electron chi connectivity index (χ3n) is 2.08. The summed E-state index contributed by atoms with van der Waals surface area (Å²) in [7, 11) is 0. The largest absolute Gasteiger partial charge is 0.460 e. The fourth-order valence-electron chi connectivity index (χ4n) is 1.27. The average Bonchev–Trinajstić information content (AvgIpc) is 2.25. The van der Waals surface area contributed by atoms with Crippen LogP contribution in [0.25, 0.3) is 0 Å². The van der Waals surface area contributed by atoms with Crippen LogP contribution >= 0.6 is 0 Å². The number of aliphatic hydroxyl groups is 1. The molecule has 0 aromatic rings. The van der Waals surface area contributed by atoms with Crippen molar-refractivity contribution in [2.75, 3.05) is 6.61 Å². The van der Waals surface area contributed by atoms with Crippen LogP contribution in [0.2, 0.25) is 0 Å². The Labute approximate surface area is 106 Å². The van der Waals surface area contributed by atoms with Crippen LogP contribution < -0.4 is 5.73 Å². The lowest BCUT2D eigenvalue weighted by atomic mass is 10.1. The van der Waals surface area contributed by atoms with Gasteiger partial charge in [0.15, 0.2) is 0 Å². The number of nitrogens with two attached hydrogens (primary N) is 1. The van der Waals surface area contributed by atoms with Crippen LogP contribution in [0.4, 0.5) is 0 Å². The van der Waals surface area contributed by atoms with Gasteiger partial charge < -0.3 is 15.6 Å². The number of carbonyl (C=O) groups is 3. The zero-order chi connectivity index (χ0) is 14.1. The van der Waals surface area contributed by atoms with Gasteiger partial charge >= 0.3 is 5.97 Å². The van der Waals surface area contributed by atoms with Crippen molar-refractivity contribution in [2.45, 2.75) is 39.2 Å². The number of hydrogen-bond acceptors (Lipinski definition) is 6. The molecule has 0 aliphatic rings. The van der Waals surface area contributed by atoms with Crippen molar-refractivity contribution in [1.82, 2.24) is 0 Å². The second-order valence-electron chi connectivity index (χ2n) is 3.90. The zero-order valence-electron chi connectivity index (χ0n) is 10.6. The number of rotatable bonds is 8. The van der Waals surface area contributed by atoms with E-state index in [1.165, 1.54) is 6.92 Å². The predicted octanol–water partition coefficient (Wildman–Crippen LogP) is 0.0814. The van der Waals surface area contributed by atoms with Crippen LogP contribution in [0.3, 0.4) is 0 Å². The van der Waals surface area contributed by atoms with Crippen molar-refractivity contribution in [3.05, 3.63) is 11.8 Å². The van der Waals surface area contributed by atoms with Gasteiger partial charge in [-0.3, -0.25) is 9.59 Å². The van der Waals surface area contributed by atoms with Gasteiger partial charge in [-0.1, -0.05) is 0 Å². The van der Waals surface area contributed by atoms with Crippen LogP contribution in [-0.4, -0.2) is 35.4 Å². The molecule has 0 spiro atoms. The Morgan fingerprint density at radius 1 is 1.39 bits per heavy atom. The molecule has 0 rings (SSSR count). The van der Waals surface area contributed by atoms with Crippen LogP contribution in [0.1, 0.15) is 33.1 Å². The number of allylic oxidation sites excluding steroid dienone is 1. The molecule has 0 aliphatic carbocycles. The molecular weight excluding hydrogens is 238 g/mol. The third-order valence-corrected chi connectivity index (χ3v) is 2.08. The van der Waals surface area contributed by atoms with E-state index in [0.717, 1.165) is 6.08 Å². The number of carbonyl (C=O) groups excluding carboxylic acids is 3. The van der Waals surface area contributed by atoms with Crippen LogP contribution in [0.5, 0.6) is 0 Å². The van der Waals surface area contributed by atoms with Crippen molar-refractivity contribution < 1.29 is 24.2 Å². The Morgan fingerprint density at radius 3 is 2.50 bits per heavy atom. The number of ketones is 2. The Kier molecular flexibility index (Phi) is 7.62. The van der Waals surface area contributed by atoms with Crippen molar-refractivity contribution in [3.8, 4) is 0 Å². The van der Waals surface area contributed by atoms with Crippen LogP contribution in [0, 0.1) is 0 Å². The van der Waals surface area contributed by atoms with Crippen molar-refractivity contribution >= 4 is 17.5 Å². The first-order chi connectivity index (χ1) is 8.36. The monoisotopic (exact) mass is 257 g/mol. The Bertz CT molecular complexity index is 348. The Hall–Kier alpha value is -1.69. The molecule has 3 N–H and O–H groups in total. The number of ether oxygens (including phenoxy) is 1. The molecule has 0 saturated heterocycles. The highest BCUT2D eigenvalue weighted by Gasteiger charge is 2.13. The molecule has 102 valence electrons. The molecule has 6 heteroatoms. The third kappa shape index (κ3) is 7.56. The lowest BCUT2D eigenvalue weighted by Gasteiger charge is -2.08. The predicted molar refractivity (Wildman–Crippen MR) is 64.4 cm³/mol. The van der Waals surface area contributed by atoms with E-state index >= 15 is 0 Å². The number of hydrogen-bond donors (Lipinski definition) is 2. The first kappa shape index (κ1) is 16.3. The maximum Gasteiger partial charge on any atom is 0.379 e. The summed E-state index contributed by atoms with van der Waals surface area (Å²) in [5.41, 5.74) is 5.70. The van der Waals surface area contributed by atoms with Gasteiger partial charge in [-0.15, -0.1) is 0 Å². The minimum atomic E-state index is -0.954. The summed E-state index contributed by atoms with van der Waals surface area (Å²) in [5.74, 6) is -1.90. The van der Waals surface area contributed by atoms with Gasteiger partial charge in [0.05, 0.1) is 12.7 Å². The molecule has 18 heavy (non-hydrogen) atoms. The molecule has 1 unspecified atom stereocenters. The van der Waals surface area contributed by atoms with Gasteiger partial charge in [0.1, 0.15) is 5.78 Å². The van der Waals surface area contributed by atoms with Crippen LogP contribution in [0.15, 0.2) is 11.8 Å². The number of esters is 1. The summed E-state index contributed by atoms with van der Waals surface area (Å²) >= 11 is 0. The van der Waals surface area contributed by atoms with E-state index in [-0.39, 0.29) is 37.3 Å². The summed E-state index contributed by atoms with van der Waals surface area (Å²) in [6, 6.07) is 0. The topological polar surface area (TPSA) is 107 Å². The zero-order valence-corrected chi connectivity index (χ0v) is 10.6. The van der Waals surface area contributed by atoms with E-state index in [1.807, 2.05) is 0 Å². The molecule has 0 fully saturated rings. The normalized spacial score (nSPS) is 12.9. The maximum atomic E-state index is 11.2. The molecule has 0 aromatic heterocycles. The highest BCUT2D eigenvalue weighted by molar-refractivity contribution is 6.38. The highest BCUT2D eigenvalue weighted by atomic mass is 16.5. The van der Waals surface area contributed by atoms with E-state index in [2.05, 4.69) is 4.74 Å². The standard InChI is InChI=1S/C12H19NO5/c1-3-18-12(17)11(16)7-9(13)4-5-10(15)6-8(2)14/h7,10,15H,3-6,13H2,1-2H3/b9-7-. The SMILES string of the molecule is CCOC(=O)C(=O)/C=C(\N)CCC(O)CC(C)=O. The molecule has 0 saturated carbocycles. The highest BCUT2D eigenvalue weighted by Crippen LogP contribution is 2.06. The molecule has 0 aliphatic heterocycles. The second-order valence-corrected chi connectivity index (χ2v) is 3.90. The summed E-state index contributed by atoms with van der Waals surface area (Å²) in [6.07, 6.45) is 0.752. The van der Waals surface area contributed by atoms with Gasteiger partial charge in [0, 0.05) is 18.2 Å². The molecule has 0 aromatic carbocycles. The second kappa shape index (κ2) is 8.41. The number of aliphatic hydroxyl groups excluding tert-OH is 1. The average molecular weight is 257 g/mol. The van der Waals surface area contributed by atoms with Crippen molar-refractivity contribution in [1.29, 1.82) is 0 Å². The smallest absolute Gasteiger partial charge is 0.379 e. The summed E-state index contributed by atoms with van der Waals surface area (Å²) in [5, 5.41) is 9.42. The first-order valence-electron chi connectivity index (χ1n) is 5.71. The lowest BCUT2D eigenvalue weighted by Crippen LogP contribution is -2.17. The molecule has 1 atom stereocenters. The van der Waals surface area contributed by atoms with E-state index in [0.29, 0.717) is 0 Å². The minimum Gasteiger partial charge on any atom is -0.460 e. The molecule has 0 amide bonds. The summed E-state index contributed by atoms with van der Waals surface area (Å²) in [4.78, 5) is 32.9.